The Morgan fingerprint density at radius 2 is 2.07 bits per heavy atom. The van der Waals surface area contributed by atoms with Crippen LogP contribution in [-0.2, 0) is 4.74 Å². The Bertz CT molecular complexity index is 328. The van der Waals surface area contributed by atoms with Crippen molar-refractivity contribution < 1.29 is 9.53 Å². The van der Waals surface area contributed by atoms with E-state index in [1.807, 2.05) is 12.1 Å². The molecule has 0 unspecified atom stereocenters. The molecule has 0 heterocycles. The van der Waals surface area contributed by atoms with Gasteiger partial charge in [-0.2, -0.15) is 0 Å². The summed E-state index contributed by atoms with van der Waals surface area (Å²) in [6.07, 6.45) is 0. The monoisotopic (exact) mass is 344 g/mol. The summed E-state index contributed by atoms with van der Waals surface area (Å²) in [6, 6.07) is 7.15. The molecule has 1 aromatic rings. The number of carbonyl (C=O) groups excluding carboxylic acids is 1. The van der Waals surface area contributed by atoms with Crippen LogP contribution in [0.5, 0.6) is 0 Å². The lowest BCUT2D eigenvalue weighted by molar-refractivity contribution is 0.0520. The van der Waals surface area contributed by atoms with E-state index in [0.29, 0.717) is 5.56 Å². The van der Waals surface area contributed by atoms with E-state index in [9.17, 15) is 4.79 Å². The molecule has 0 aliphatic heterocycles. The Hall–Kier alpha value is -0.000000000000000111. The molecule has 5 heteroatoms. The van der Waals surface area contributed by atoms with Crippen LogP contribution in [0.25, 0.3) is 0 Å². The third-order valence-corrected chi connectivity index (χ3v) is 2.63. The van der Waals surface area contributed by atoms with E-state index in [1.54, 1.807) is 12.1 Å². The zero-order valence-corrected chi connectivity index (χ0v) is 10.7. The highest BCUT2D eigenvalue weighted by Gasteiger charge is 2.11. The Kier molecular flexibility index (Phi) is 4.98. The molecule has 0 aromatic heterocycles. The largest absolute Gasteiger partial charge is 0.459 e. The van der Waals surface area contributed by atoms with Gasteiger partial charge in [-0.25, -0.2) is 4.79 Å². The van der Waals surface area contributed by atoms with E-state index < -0.39 is 10.8 Å². The maximum absolute atomic E-state index is 11.4. The Balaban J connectivity index is 2.65. The Morgan fingerprint density at radius 3 is 2.64 bits per heavy atom. The molecule has 1 rings (SSSR count). The molecule has 1 aromatic carbocycles. The lowest BCUT2D eigenvalue weighted by Gasteiger charge is -2.05. The van der Waals surface area contributed by atoms with Crippen molar-refractivity contribution in [2.24, 2.45) is 0 Å². The number of benzene rings is 1. The normalized spacial score (nSPS) is 10.3. The zero-order chi connectivity index (χ0) is 10.6. The second kappa shape index (κ2) is 5.78. The van der Waals surface area contributed by atoms with Gasteiger partial charge in [0.05, 0.1) is 5.56 Å². The fourth-order valence-corrected chi connectivity index (χ4v) is 1.58. The van der Waals surface area contributed by atoms with Crippen molar-refractivity contribution in [3.8, 4) is 0 Å². The average molecular weight is 345 g/mol. The molecule has 0 aliphatic rings. The second-order valence-corrected chi connectivity index (χ2v) is 4.91. The van der Waals surface area contributed by atoms with Crippen LogP contribution in [0.4, 0.5) is 0 Å². The van der Waals surface area contributed by atoms with Crippen LogP contribution in [0.1, 0.15) is 10.4 Å². The van der Waals surface area contributed by atoms with Gasteiger partial charge in [0.1, 0.15) is 11.4 Å². The molecule has 0 saturated carbocycles. The van der Waals surface area contributed by atoms with E-state index in [2.05, 4.69) is 22.6 Å². The van der Waals surface area contributed by atoms with Crippen LogP contribution in [0.15, 0.2) is 24.3 Å². The smallest absolute Gasteiger partial charge is 0.339 e. The quantitative estimate of drug-likeness (QED) is 0.478. The maximum Gasteiger partial charge on any atom is 0.339 e. The third-order valence-electron chi connectivity index (χ3n) is 1.43. The van der Waals surface area contributed by atoms with Gasteiger partial charge in [0, 0.05) is 3.57 Å². The predicted octanol–water partition coefficient (Wildman–Crippen LogP) is 3.25. The zero-order valence-electron chi connectivity index (χ0n) is 7.04. The summed E-state index contributed by atoms with van der Waals surface area (Å²) < 4.78 is 5.71. The van der Waals surface area contributed by atoms with E-state index in [-0.39, 0.29) is 6.61 Å². The van der Waals surface area contributed by atoms with Crippen LogP contribution >= 0.6 is 45.8 Å². The van der Waals surface area contributed by atoms with Crippen LogP contribution in [0.3, 0.4) is 0 Å². The van der Waals surface area contributed by atoms with Crippen LogP contribution < -0.4 is 0 Å². The van der Waals surface area contributed by atoms with Crippen LogP contribution in [0.2, 0.25) is 0 Å². The number of hydrogen-bond acceptors (Lipinski definition) is 2. The molecule has 0 spiro atoms. The number of ether oxygens (including phenoxy) is 1. The number of halogens is 3. The summed E-state index contributed by atoms with van der Waals surface area (Å²) in [7, 11) is 0. The number of hydrogen-bond donors (Lipinski definition) is 0. The first kappa shape index (κ1) is 12.1. The van der Waals surface area contributed by atoms with Crippen molar-refractivity contribution in [2.75, 3.05) is 6.61 Å². The van der Waals surface area contributed by atoms with Crippen molar-refractivity contribution in [2.45, 2.75) is 4.84 Å². The van der Waals surface area contributed by atoms with Gasteiger partial charge in [0.2, 0.25) is 0 Å². The van der Waals surface area contributed by atoms with E-state index >= 15 is 0 Å². The van der Waals surface area contributed by atoms with Crippen LogP contribution in [0, 0.1) is 3.57 Å². The molecule has 0 radical (unpaired) electrons. The highest BCUT2D eigenvalue weighted by molar-refractivity contribution is 14.1. The van der Waals surface area contributed by atoms with Gasteiger partial charge in [0.15, 0.2) is 0 Å². The topological polar surface area (TPSA) is 26.3 Å². The number of carbonyl (C=O) groups is 1. The second-order valence-electron chi connectivity index (χ2n) is 2.47. The van der Waals surface area contributed by atoms with Gasteiger partial charge in [-0.05, 0) is 34.7 Å². The molecule has 0 fully saturated rings. The third kappa shape index (κ3) is 3.63. The Morgan fingerprint density at radius 1 is 1.43 bits per heavy atom. The molecular weight excluding hydrogens is 338 g/mol. The standard InChI is InChI=1S/C9H7Cl2IO2/c10-8(11)5-14-9(13)6-3-1-2-4-7(6)12/h1-4,8H,5H2. The van der Waals surface area contributed by atoms with Crippen molar-refractivity contribution in [1.82, 2.24) is 0 Å². The van der Waals surface area contributed by atoms with Gasteiger partial charge < -0.3 is 4.74 Å². The summed E-state index contributed by atoms with van der Waals surface area (Å²) in [5.41, 5.74) is 0.530. The summed E-state index contributed by atoms with van der Waals surface area (Å²) in [4.78, 5) is 10.7. The average Bonchev–Trinajstić information content (AvgIpc) is 2.15. The van der Waals surface area contributed by atoms with E-state index in [0.717, 1.165) is 3.57 Å². The van der Waals surface area contributed by atoms with Crippen molar-refractivity contribution in [3.05, 3.63) is 33.4 Å². The highest BCUT2D eigenvalue weighted by Crippen LogP contribution is 2.13. The van der Waals surface area contributed by atoms with Crippen LogP contribution in [-0.4, -0.2) is 17.4 Å². The number of alkyl halides is 2. The van der Waals surface area contributed by atoms with Gasteiger partial charge in [0.25, 0.3) is 0 Å². The molecular formula is C9H7Cl2IO2. The lowest BCUT2D eigenvalue weighted by Crippen LogP contribution is -2.11. The van der Waals surface area contributed by atoms with Gasteiger partial charge in [-0.3, -0.25) is 0 Å². The minimum atomic E-state index is -0.680. The fraction of sp³-hybridized carbons (Fsp3) is 0.222. The molecule has 0 amide bonds. The van der Waals surface area contributed by atoms with E-state index in [4.69, 9.17) is 27.9 Å². The molecule has 14 heavy (non-hydrogen) atoms. The minimum Gasteiger partial charge on any atom is -0.459 e. The Labute approximate surface area is 106 Å². The molecule has 0 N–H and O–H groups in total. The fourth-order valence-electron chi connectivity index (χ4n) is 0.843. The predicted molar refractivity (Wildman–Crippen MR) is 64.9 cm³/mol. The first-order valence-electron chi connectivity index (χ1n) is 3.81. The minimum absolute atomic E-state index is 0.00686. The number of rotatable bonds is 3. The molecule has 0 aliphatic carbocycles. The van der Waals surface area contributed by atoms with E-state index in [1.165, 1.54) is 0 Å². The summed E-state index contributed by atoms with van der Waals surface area (Å²) in [5.74, 6) is -0.402. The SMILES string of the molecule is O=C(OCC(Cl)Cl)c1ccccc1I. The van der Waals surface area contributed by atoms with Gasteiger partial charge in [-0.1, -0.05) is 12.1 Å². The molecule has 0 atom stereocenters. The lowest BCUT2D eigenvalue weighted by atomic mass is 10.2. The molecule has 2 nitrogen and oxygen atoms in total. The molecule has 76 valence electrons. The van der Waals surface area contributed by atoms with Crippen molar-refractivity contribution in [1.29, 1.82) is 0 Å². The first-order chi connectivity index (χ1) is 6.61. The van der Waals surface area contributed by atoms with Crippen molar-refractivity contribution in [3.63, 3.8) is 0 Å². The summed E-state index contributed by atoms with van der Waals surface area (Å²) in [6.45, 7) is 0.00686. The first-order valence-corrected chi connectivity index (χ1v) is 5.76. The summed E-state index contributed by atoms with van der Waals surface area (Å²) in [5, 5.41) is 0. The molecule has 0 saturated heterocycles. The highest BCUT2D eigenvalue weighted by atomic mass is 127. The van der Waals surface area contributed by atoms with Gasteiger partial charge >= 0.3 is 5.97 Å². The van der Waals surface area contributed by atoms with Gasteiger partial charge in [-0.15, -0.1) is 23.2 Å². The number of esters is 1. The maximum atomic E-state index is 11.4. The van der Waals surface area contributed by atoms with Crippen molar-refractivity contribution >= 4 is 51.8 Å². The molecule has 0 bridgehead atoms. The summed E-state index contributed by atoms with van der Waals surface area (Å²) >= 11 is 12.9.